The smallest absolute Gasteiger partial charge is 0.362 e. The van der Waals surface area contributed by atoms with E-state index in [1.165, 1.54) is 12.8 Å². The van der Waals surface area contributed by atoms with Gasteiger partial charge in [0.25, 0.3) is 0 Å². The van der Waals surface area contributed by atoms with Crippen LogP contribution in [-0.4, -0.2) is 52.4 Å². The Hall–Kier alpha value is -0.610. The molecular formula is C20H42NO3+. The monoisotopic (exact) mass is 344 g/mol. The summed E-state index contributed by atoms with van der Waals surface area (Å²) in [6, 6.07) is -0.395. The molecular weight excluding hydrogens is 302 g/mol. The van der Waals surface area contributed by atoms with Crippen molar-refractivity contribution in [3.05, 3.63) is 0 Å². The maximum Gasteiger partial charge on any atom is 0.362 e. The number of nitrogens with zero attached hydrogens (tertiary/aromatic N) is 1. The van der Waals surface area contributed by atoms with Crippen LogP contribution >= 0.6 is 0 Å². The van der Waals surface area contributed by atoms with Crippen LogP contribution < -0.4 is 0 Å². The number of rotatable bonds is 16. The number of carboxylic acid groups (broad SMARTS) is 1. The highest BCUT2D eigenvalue weighted by atomic mass is 16.4. The van der Waals surface area contributed by atoms with Gasteiger partial charge in [0.2, 0.25) is 0 Å². The Balaban J connectivity index is 5.11. The molecule has 2 unspecified atom stereocenters. The maximum atomic E-state index is 11.9. The van der Waals surface area contributed by atoms with E-state index in [1.54, 1.807) is 0 Å². The molecule has 0 fully saturated rings. The predicted molar refractivity (Wildman–Crippen MR) is 101 cm³/mol. The van der Waals surface area contributed by atoms with Crippen LogP contribution in [0.5, 0.6) is 0 Å². The quantitative estimate of drug-likeness (QED) is 0.318. The molecule has 0 aliphatic rings. The molecule has 0 amide bonds. The van der Waals surface area contributed by atoms with Crippen molar-refractivity contribution < 1.29 is 19.5 Å². The summed E-state index contributed by atoms with van der Waals surface area (Å²) >= 11 is 0. The zero-order valence-electron chi connectivity index (χ0n) is 16.6. The van der Waals surface area contributed by atoms with Gasteiger partial charge in [0.1, 0.15) is 12.6 Å². The number of carboxylic acids is 1. The minimum Gasteiger partial charge on any atom is -0.477 e. The van der Waals surface area contributed by atoms with E-state index in [0.717, 1.165) is 58.0 Å². The number of hydrogen-bond donors (Lipinski definition) is 2. The summed E-state index contributed by atoms with van der Waals surface area (Å²) in [5, 5.41) is 20.4. The molecule has 0 bridgehead atoms. The second-order valence-corrected chi connectivity index (χ2v) is 7.32. The van der Waals surface area contributed by atoms with E-state index >= 15 is 0 Å². The van der Waals surface area contributed by atoms with E-state index in [-0.39, 0.29) is 6.10 Å². The van der Waals surface area contributed by atoms with E-state index in [2.05, 4.69) is 20.8 Å². The first kappa shape index (κ1) is 23.4. The van der Waals surface area contributed by atoms with Gasteiger partial charge >= 0.3 is 5.97 Å². The van der Waals surface area contributed by atoms with Crippen LogP contribution in [0.15, 0.2) is 0 Å². The van der Waals surface area contributed by atoms with Crippen molar-refractivity contribution in [1.82, 2.24) is 0 Å². The number of aliphatic hydroxyl groups is 1. The van der Waals surface area contributed by atoms with Gasteiger partial charge in [0.15, 0.2) is 6.04 Å². The molecule has 0 aliphatic carbocycles. The summed E-state index contributed by atoms with van der Waals surface area (Å²) in [5.74, 6) is -0.706. The highest BCUT2D eigenvalue weighted by Crippen LogP contribution is 2.23. The van der Waals surface area contributed by atoms with Crippen molar-refractivity contribution in [2.24, 2.45) is 0 Å². The third-order valence-corrected chi connectivity index (χ3v) is 5.21. The summed E-state index contributed by atoms with van der Waals surface area (Å²) in [7, 11) is 0. The summed E-state index contributed by atoms with van der Waals surface area (Å²) in [5.41, 5.74) is 0. The minimum absolute atomic E-state index is 0.385. The van der Waals surface area contributed by atoms with Crippen molar-refractivity contribution >= 4 is 5.97 Å². The molecule has 0 aromatic carbocycles. The van der Waals surface area contributed by atoms with Crippen molar-refractivity contribution in [3.8, 4) is 0 Å². The van der Waals surface area contributed by atoms with Crippen LogP contribution in [0.4, 0.5) is 0 Å². The lowest BCUT2D eigenvalue weighted by atomic mass is 10.0. The molecule has 0 saturated carbocycles. The van der Waals surface area contributed by atoms with Gasteiger partial charge < -0.3 is 14.7 Å². The number of unbranched alkanes of at least 4 members (excludes halogenated alkanes) is 5. The molecule has 0 aromatic heterocycles. The molecule has 0 rings (SSSR count). The first-order valence-corrected chi connectivity index (χ1v) is 10.2. The van der Waals surface area contributed by atoms with E-state index < -0.39 is 12.0 Å². The van der Waals surface area contributed by atoms with Gasteiger partial charge in [-0.25, -0.2) is 4.79 Å². The van der Waals surface area contributed by atoms with Crippen molar-refractivity contribution in [2.75, 3.05) is 19.6 Å². The Kier molecular flexibility index (Phi) is 13.3. The van der Waals surface area contributed by atoms with E-state index in [9.17, 15) is 15.0 Å². The van der Waals surface area contributed by atoms with E-state index in [1.807, 2.05) is 6.92 Å². The molecule has 0 saturated heterocycles. The third-order valence-electron chi connectivity index (χ3n) is 5.21. The second-order valence-electron chi connectivity index (χ2n) is 7.32. The number of aliphatic hydroxyl groups excluding tert-OH is 1. The Morgan fingerprint density at radius 1 is 0.875 bits per heavy atom. The van der Waals surface area contributed by atoms with Gasteiger partial charge in [-0.05, 0) is 19.3 Å². The van der Waals surface area contributed by atoms with Crippen LogP contribution in [-0.2, 0) is 4.79 Å². The summed E-state index contributed by atoms with van der Waals surface area (Å²) in [6.45, 7) is 10.8. The molecule has 2 atom stereocenters. The van der Waals surface area contributed by atoms with Crippen LogP contribution in [0.3, 0.4) is 0 Å². The Morgan fingerprint density at radius 3 is 1.83 bits per heavy atom. The van der Waals surface area contributed by atoms with Crippen molar-refractivity contribution in [2.45, 2.75) is 104 Å². The topological polar surface area (TPSA) is 57.5 Å². The van der Waals surface area contributed by atoms with Gasteiger partial charge in [-0.2, -0.15) is 0 Å². The Bertz CT molecular complexity index is 312. The molecule has 144 valence electrons. The molecule has 2 N–H and O–H groups in total. The molecule has 4 nitrogen and oxygen atoms in total. The zero-order chi connectivity index (χ0) is 18.4. The number of aliphatic carboxylic acids is 1. The predicted octanol–water partition coefficient (Wildman–Crippen LogP) is 4.60. The van der Waals surface area contributed by atoms with Gasteiger partial charge in [0, 0.05) is 6.42 Å². The summed E-state index contributed by atoms with van der Waals surface area (Å²) in [4.78, 5) is 11.9. The SMILES string of the molecule is CCCCCCC(O)C[N+](CCCC)(CCCC)C(CC)C(=O)O. The third kappa shape index (κ3) is 8.48. The minimum atomic E-state index is -0.706. The molecule has 0 aromatic rings. The normalized spacial score (nSPS) is 14.5. The molecule has 0 heterocycles. The lowest BCUT2D eigenvalue weighted by Crippen LogP contribution is -2.62. The first-order chi connectivity index (χ1) is 11.5. The van der Waals surface area contributed by atoms with E-state index in [0.29, 0.717) is 17.4 Å². The van der Waals surface area contributed by atoms with Gasteiger partial charge in [0.05, 0.1) is 13.1 Å². The summed E-state index contributed by atoms with van der Waals surface area (Å²) < 4.78 is 0.558. The van der Waals surface area contributed by atoms with E-state index in [4.69, 9.17) is 0 Å². The van der Waals surface area contributed by atoms with Crippen molar-refractivity contribution in [3.63, 3.8) is 0 Å². The first-order valence-electron chi connectivity index (χ1n) is 10.2. The molecule has 4 heteroatoms. The molecule has 24 heavy (non-hydrogen) atoms. The average molecular weight is 345 g/mol. The van der Waals surface area contributed by atoms with Crippen LogP contribution in [0, 0.1) is 0 Å². The van der Waals surface area contributed by atoms with Crippen LogP contribution in [0.1, 0.15) is 91.9 Å². The average Bonchev–Trinajstić information content (AvgIpc) is 2.55. The standard InChI is InChI=1S/C20H41NO3/c1-5-9-12-13-14-18(22)17-21(15-10-6-2,16-11-7-3)19(8-4)20(23)24/h18-19,22H,5-17H2,1-4H3/p+1. The molecule has 0 aliphatic heterocycles. The fourth-order valence-electron chi connectivity index (χ4n) is 3.79. The number of carbonyl (C=O) groups is 1. The fraction of sp³-hybridized carbons (Fsp3) is 0.950. The molecule has 0 radical (unpaired) electrons. The largest absolute Gasteiger partial charge is 0.477 e. The van der Waals surface area contributed by atoms with Gasteiger partial charge in [-0.15, -0.1) is 0 Å². The second kappa shape index (κ2) is 13.7. The lowest BCUT2D eigenvalue weighted by molar-refractivity contribution is -0.946. The van der Waals surface area contributed by atoms with Crippen LogP contribution in [0.2, 0.25) is 0 Å². The lowest BCUT2D eigenvalue weighted by Gasteiger charge is -2.44. The highest BCUT2D eigenvalue weighted by molar-refractivity contribution is 5.72. The Labute approximate surface area is 149 Å². The summed E-state index contributed by atoms with van der Waals surface area (Å²) in [6.07, 6.45) is 9.83. The zero-order valence-corrected chi connectivity index (χ0v) is 16.6. The van der Waals surface area contributed by atoms with Gasteiger partial charge in [-0.3, -0.25) is 0 Å². The molecule has 0 spiro atoms. The van der Waals surface area contributed by atoms with Crippen LogP contribution in [0.25, 0.3) is 0 Å². The maximum absolute atomic E-state index is 11.9. The fourth-order valence-corrected chi connectivity index (χ4v) is 3.79. The van der Waals surface area contributed by atoms with Gasteiger partial charge in [-0.1, -0.05) is 66.2 Å². The van der Waals surface area contributed by atoms with Crippen molar-refractivity contribution in [1.29, 1.82) is 0 Å². The number of hydrogen-bond acceptors (Lipinski definition) is 2. The Morgan fingerprint density at radius 2 is 1.42 bits per heavy atom. The highest BCUT2D eigenvalue weighted by Gasteiger charge is 2.41. The number of quaternary nitrogens is 1.